The SMILES string of the molecule is CC(C)[n+]1cccc(C(=O)O)c1. The van der Waals surface area contributed by atoms with Crippen LogP contribution >= 0.6 is 0 Å². The van der Waals surface area contributed by atoms with E-state index in [9.17, 15) is 4.79 Å². The van der Waals surface area contributed by atoms with Crippen LogP contribution in [0.5, 0.6) is 0 Å². The summed E-state index contributed by atoms with van der Waals surface area (Å²) in [5.74, 6) is -0.884. The van der Waals surface area contributed by atoms with Gasteiger partial charge in [0.05, 0.1) is 0 Å². The Kier molecular flexibility index (Phi) is 2.43. The van der Waals surface area contributed by atoms with Crippen LogP contribution in [0.4, 0.5) is 0 Å². The molecule has 0 radical (unpaired) electrons. The van der Waals surface area contributed by atoms with E-state index in [1.165, 1.54) is 0 Å². The molecule has 0 aliphatic rings. The molecule has 3 nitrogen and oxygen atoms in total. The van der Waals surface area contributed by atoms with E-state index in [2.05, 4.69) is 0 Å². The van der Waals surface area contributed by atoms with Crippen molar-refractivity contribution in [3.05, 3.63) is 30.1 Å². The molecule has 0 saturated carbocycles. The average molecular weight is 166 g/mol. The molecule has 64 valence electrons. The zero-order valence-electron chi connectivity index (χ0n) is 7.19. The highest BCUT2D eigenvalue weighted by atomic mass is 16.4. The number of carboxylic acids is 1. The van der Waals surface area contributed by atoms with Gasteiger partial charge < -0.3 is 5.11 Å². The number of hydrogen-bond donors (Lipinski definition) is 1. The van der Waals surface area contributed by atoms with Crippen molar-refractivity contribution < 1.29 is 14.5 Å². The van der Waals surface area contributed by atoms with Crippen molar-refractivity contribution in [2.24, 2.45) is 0 Å². The Morgan fingerprint density at radius 2 is 2.25 bits per heavy atom. The van der Waals surface area contributed by atoms with Gasteiger partial charge in [-0.2, -0.15) is 0 Å². The fraction of sp³-hybridized carbons (Fsp3) is 0.333. The van der Waals surface area contributed by atoms with Crippen molar-refractivity contribution in [2.75, 3.05) is 0 Å². The first-order valence-electron chi connectivity index (χ1n) is 3.85. The van der Waals surface area contributed by atoms with Crippen LogP contribution in [0.3, 0.4) is 0 Å². The Morgan fingerprint density at radius 3 is 2.75 bits per heavy atom. The summed E-state index contributed by atoms with van der Waals surface area (Å²) in [5.41, 5.74) is 0.325. The number of carbonyl (C=O) groups is 1. The molecular formula is C9H12NO2+. The fourth-order valence-electron chi connectivity index (χ4n) is 0.940. The van der Waals surface area contributed by atoms with Gasteiger partial charge in [0, 0.05) is 6.07 Å². The van der Waals surface area contributed by atoms with E-state index in [1.54, 1.807) is 18.3 Å². The molecule has 1 aromatic rings. The van der Waals surface area contributed by atoms with Gasteiger partial charge in [-0.05, 0) is 19.9 Å². The third-order valence-corrected chi connectivity index (χ3v) is 1.67. The van der Waals surface area contributed by atoms with Crippen LogP contribution in [0, 0.1) is 0 Å². The summed E-state index contributed by atoms with van der Waals surface area (Å²) in [5, 5.41) is 8.68. The first kappa shape index (κ1) is 8.71. The molecule has 1 N–H and O–H groups in total. The Hall–Kier alpha value is -1.38. The molecule has 1 heterocycles. The number of rotatable bonds is 2. The monoisotopic (exact) mass is 166 g/mol. The van der Waals surface area contributed by atoms with Crippen LogP contribution in [0.2, 0.25) is 0 Å². The van der Waals surface area contributed by atoms with Crippen LogP contribution in [-0.2, 0) is 0 Å². The standard InChI is InChI=1S/C9H11NO2/c1-7(2)10-5-3-4-8(6-10)9(11)12/h3-7H,1-2H3/p+1. The minimum absolute atomic E-state index is 0.296. The summed E-state index contributed by atoms with van der Waals surface area (Å²) < 4.78 is 1.86. The minimum atomic E-state index is -0.884. The summed E-state index contributed by atoms with van der Waals surface area (Å²) in [7, 11) is 0. The molecule has 12 heavy (non-hydrogen) atoms. The summed E-state index contributed by atoms with van der Waals surface area (Å²) in [6, 6.07) is 3.62. The molecule has 0 atom stereocenters. The topological polar surface area (TPSA) is 41.2 Å². The second-order valence-electron chi connectivity index (χ2n) is 2.94. The molecule has 0 fully saturated rings. The van der Waals surface area contributed by atoms with E-state index < -0.39 is 5.97 Å². The van der Waals surface area contributed by atoms with Gasteiger partial charge in [-0.15, -0.1) is 0 Å². The molecule has 0 unspecified atom stereocenters. The van der Waals surface area contributed by atoms with Gasteiger partial charge in [-0.25, -0.2) is 9.36 Å². The maximum atomic E-state index is 10.6. The summed E-state index contributed by atoms with van der Waals surface area (Å²) in [6.45, 7) is 4.01. The Balaban J connectivity index is 3.04. The van der Waals surface area contributed by atoms with Crippen molar-refractivity contribution in [3.8, 4) is 0 Å². The number of pyridine rings is 1. The first-order chi connectivity index (χ1) is 5.61. The van der Waals surface area contributed by atoms with E-state index in [-0.39, 0.29) is 0 Å². The second kappa shape index (κ2) is 3.34. The average Bonchev–Trinajstić information content (AvgIpc) is 2.04. The fourth-order valence-corrected chi connectivity index (χ4v) is 0.940. The predicted octanol–water partition coefficient (Wildman–Crippen LogP) is 1.25. The summed E-state index contributed by atoms with van der Waals surface area (Å²) in [4.78, 5) is 10.6. The molecule has 0 aliphatic heterocycles. The molecule has 3 heteroatoms. The van der Waals surface area contributed by atoms with Crippen LogP contribution < -0.4 is 4.57 Å². The van der Waals surface area contributed by atoms with E-state index in [0.29, 0.717) is 11.6 Å². The molecule has 1 aromatic heterocycles. The number of aromatic nitrogens is 1. The first-order valence-corrected chi connectivity index (χ1v) is 3.85. The van der Waals surface area contributed by atoms with Crippen molar-refractivity contribution >= 4 is 5.97 Å². The zero-order chi connectivity index (χ0) is 9.14. The molecule has 0 amide bonds. The normalized spacial score (nSPS) is 10.2. The van der Waals surface area contributed by atoms with Gasteiger partial charge in [0.15, 0.2) is 18.4 Å². The highest BCUT2D eigenvalue weighted by molar-refractivity contribution is 5.86. The molecule has 0 aliphatic carbocycles. The quantitative estimate of drug-likeness (QED) is 0.672. The van der Waals surface area contributed by atoms with Crippen LogP contribution in [0.15, 0.2) is 24.5 Å². The minimum Gasteiger partial charge on any atom is -0.477 e. The zero-order valence-corrected chi connectivity index (χ0v) is 7.19. The number of hydrogen-bond acceptors (Lipinski definition) is 1. The van der Waals surface area contributed by atoms with Gasteiger partial charge >= 0.3 is 5.97 Å². The lowest BCUT2D eigenvalue weighted by molar-refractivity contribution is -0.716. The Bertz CT molecular complexity index is 294. The Labute approximate surface area is 71.3 Å². The van der Waals surface area contributed by atoms with Crippen molar-refractivity contribution in [2.45, 2.75) is 19.9 Å². The van der Waals surface area contributed by atoms with Crippen molar-refractivity contribution in [3.63, 3.8) is 0 Å². The van der Waals surface area contributed by atoms with E-state index in [4.69, 9.17) is 5.11 Å². The highest BCUT2D eigenvalue weighted by Crippen LogP contribution is 1.97. The molecule has 0 bridgehead atoms. The van der Waals surface area contributed by atoms with Crippen molar-refractivity contribution in [1.82, 2.24) is 0 Å². The van der Waals surface area contributed by atoms with Crippen molar-refractivity contribution in [1.29, 1.82) is 0 Å². The summed E-state index contributed by atoms with van der Waals surface area (Å²) in [6.07, 6.45) is 3.49. The number of aromatic carboxylic acids is 1. The molecule has 1 rings (SSSR count). The lowest BCUT2D eigenvalue weighted by Crippen LogP contribution is -2.36. The van der Waals surface area contributed by atoms with E-state index in [1.807, 2.05) is 24.6 Å². The van der Waals surface area contributed by atoms with E-state index >= 15 is 0 Å². The van der Waals surface area contributed by atoms with Gasteiger partial charge in [-0.3, -0.25) is 0 Å². The Morgan fingerprint density at radius 1 is 1.58 bits per heavy atom. The predicted molar refractivity (Wildman–Crippen MR) is 44.0 cm³/mol. The lowest BCUT2D eigenvalue weighted by atomic mass is 10.2. The smallest absolute Gasteiger partial charge is 0.341 e. The molecule has 0 spiro atoms. The van der Waals surface area contributed by atoms with Crippen LogP contribution in [0.25, 0.3) is 0 Å². The van der Waals surface area contributed by atoms with Crippen LogP contribution in [0.1, 0.15) is 30.2 Å². The van der Waals surface area contributed by atoms with Crippen LogP contribution in [-0.4, -0.2) is 11.1 Å². The second-order valence-corrected chi connectivity index (χ2v) is 2.94. The maximum Gasteiger partial charge on any atom is 0.341 e. The van der Waals surface area contributed by atoms with Gasteiger partial charge in [-0.1, -0.05) is 0 Å². The van der Waals surface area contributed by atoms with Gasteiger partial charge in [0.25, 0.3) is 0 Å². The third kappa shape index (κ3) is 1.81. The molecule has 0 saturated heterocycles. The summed E-state index contributed by atoms with van der Waals surface area (Å²) >= 11 is 0. The molecular weight excluding hydrogens is 154 g/mol. The van der Waals surface area contributed by atoms with Gasteiger partial charge in [0.2, 0.25) is 0 Å². The lowest BCUT2D eigenvalue weighted by Gasteiger charge is -1.99. The third-order valence-electron chi connectivity index (χ3n) is 1.67. The highest BCUT2D eigenvalue weighted by Gasteiger charge is 2.10. The maximum absolute atomic E-state index is 10.6. The van der Waals surface area contributed by atoms with E-state index in [0.717, 1.165) is 0 Å². The largest absolute Gasteiger partial charge is 0.477 e. The number of carboxylic acid groups (broad SMARTS) is 1. The molecule has 0 aromatic carbocycles. The number of nitrogens with zero attached hydrogens (tertiary/aromatic N) is 1. The van der Waals surface area contributed by atoms with Gasteiger partial charge in [0.1, 0.15) is 5.56 Å².